The van der Waals surface area contributed by atoms with Gasteiger partial charge in [-0.2, -0.15) is 5.26 Å². The van der Waals surface area contributed by atoms with E-state index < -0.39 is 0 Å². The van der Waals surface area contributed by atoms with E-state index in [1.165, 1.54) is 0 Å². The maximum atomic E-state index is 12.2. The molecule has 0 aliphatic heterocycles. The number of nitrogens with two attached hydrogens (primary N) is 1. The molecule has 96 valence electrons. The minimum Gasteiger partial charge on any atom is -0.341 e. The molecule has 0 radical (unpaired) electrons. The van der Waals surface area contributed by atoms with Gasteiger partial charge in [-0.25, -0.2) is 0 Å². The molecule has 1 aromatic carbocycles. The summed E-state index contributed by atoms with van der Waals surface area (Å²) < 4.78 is 0. The van der Waals surface area contributed by atoms with Crippen molar-refractivity contribution < 1.29 is 4.79 Å². The van der Waals surface area contributed by atoms with Crippen LogP contribution < -0.4 is 5.73 Å². The average molecular weight is 245 g/mol. The Morgan fingerprint density at radius 1 is 1.50 bits per heavy atom. The standard InChI is InChI=1S/C14H19N3O/c1-14(2,9-16)10-17(3)13(18)12-6-4-5-11(7-12)8-15/h4-7H,9-10,16H2,1-3H3. The summed E-state index contributed by atoms with van der Waals surface area (Å²) in [5.41, 5.74) is 6.57. The average Bonchev–Trinajstić information content (AvgIpc) is 2.37. The number of hydrogen-bond acceptors (Lipinski definition) is 3. The van der Waals surface area contributed by atoms with Crippen molar-refractivity contribution in [3.8, 4) is 6.07 Å². The van der Waals surface area contributed by atoms with Crippen molar-refractivity contribution >= 4 is 5.91 Å². The van der Waals surface area contributed by atoms with E-state index in [2.05, 4.69) is 0 Å². The second-order valence-electron chi connectivity index (χ2n) is 5.22. The quantitative estimate of drug-likeness (QED) is 0.876. The molecule has 0 aromatic heterocycles. The Labute approximate surface area is 108 Å². The molecule has 4 heteroatoms. The zero-order valence-corrected chi connectivity index (χ0v) is 11.1. The van der Waals surface area contributed by atoms with Crippen LogP contribution in [0.5, 0.6) is 0 Å². The van der Waals surface area contributed by atoms with Gasteiger partial charge >= 0.3 is 0 Å². The lowest BCUT2D eigenvalue weighted by molar-refractivity contribution is 0.0740. The molecule has 4 nitrogen and oxygen atoms in total. The molecule has 0 aliphatic carbocycles. The number of amides is 1. The van der Waals surface area contributed by atoms with Crippen molar-refractivity contribution in [1.29, 1.82) is 5.26 Å². The van der Waals surface area contributed by atoms with E-state index in [4.69, 9.17) is 11.0 Å². The van der Waals surface area contributed by atoms with Gasteiger partial charge in [0, 0.05) is 19.2 Å². The Hall–Kier alpha value is -1.86. The monoisotopic (exact) mass is 245 g/mol. The van der Waals surface area contributed by atoms with Crippen molar-refractivity contribution in [2.75, 3.05) is 20.1 Å². The van der Waals surface area contributed by atoms with Gasteiger partial charge in [0.2, 0.25) is 0 Å². The highest BCUT2D eigenvalue weighted by molar-refractivity contribution is 5.94. The van der Waals surface area contributed by atoms with E-state index in [0.717, 1.165) is 0 Å². The normalized spacial score (nSPS) is 10.8. The topological polar surface area (TPSA) is 70.1 Å². The molecule has 0 bridgehead atoms. The maximum absolute atomic E-state index is 12.2. The fourth-order valence-electron chi connectivity index (χ4n) is 1.72. The number of benzene rings is 1. The predicted molar refractivity (Wildman–Crippen MR) is 71.0 cm³/mol. The molecule has 1 amide bonds. The number of carbonyl (C=O) groups excluding carboxylic acids is 1. The highest BCUT2D eigenvalue weighted by Crippen LogP contribution is 2.16. The lowest BCUT2D eigenvalue weighted by Crippen LogP contribution is -2.39. The molecule has 0 saturated heterocycles. The van der Waals surface area contributed by atoms with Crippen LogP contribution >= 0.6 is 0 Å². The zero-order valence-electron chi connectivity index (χ0n) is 11.1. The molecule has 1 rings (SSSR count). The number of rotatable bonds is 4. The van der Waals surface area contributed by atoms with Gasteiger partial charge in [-0.3, -0.25) is 4.79 Å². The van der Waals surface area contributed by atoms with E-state index in [1.807, 2.05) is 19.9 Å². The summed E-state index contributed by atoms with van der Waals surface area (Å²) in [5, 5.41) is 8.82. The van der Waals surface area contributed by atoms with Gasteiger partial charge in [-0.1, -0.05) is 19.9 Å². The number of nitrogens with zero attached hydrogens (tertiary/aromatic N) is 2. The highest BCUT2D eigenvalue weighted by atomic mass is 16.2. The van der Waals surface area contributed by atoms with Crippen LogP contribution in [0.3, 0.4) is 0 Å². The molecule has 0 aliphatic rings. The van der Waals surface area contributed by atoms with Crippen LogP contribution in [0.4, 0.5) is 0 Å². The van der Waals surface area contributed by atoms with Gasteiger partial charge in [-0.15, -0.1) is 0 Å². The fraction of sp³-hybridized carbons (Fsp3) is 0.429. The van der Waals surface area contributed by atoms with Crippen molar-refractivity contribution in [1.82, 2.24) is 4.90 Å². The number of hydrogen-bond donors (Lipinski definition) is 1. The Morgan fingerprint density at radius 2 is 2.17 bits per heavy atom. The lowest BCUT2D eigenvalue weighted by atomic mass is 9.93. The van der Waals surface area contributed by atoms with Gasteiger partial charge in [0.1, 0.15) is 0 Å². The third-order valence-corrected chi connectivity index (χ3v) is 2.80. The smallest absolute Gasteiger partial charge is 0.253 e. The first-order chi connectivity index (χ1) is 8.39. The van der Waals surface area contributed by atoms with E-state index >= 15 is 0 Å². The first-order valence-corrected chi connectivity index (χ1v) is 5.85. The summed E-state index contributed by atoms with van der Waals surface area (Å²) in [6.45, 7) is 5.13. The molecule has 0 unspecified atom stereocenters. The van der Waals surface area contributed by atoms with Crippen LogP contribution in [0.2, 0.25) is 0 Å². The van der Waals surface area contributed by atoms with E-state index in [1.54, 1.807) is 36.2 Å². The van der Waals surface area contributed by atoms with E-state index in [0.29, 0.717) is 24.2 Å². The predicted octanol–water partition coefficient (Wildman–Crippen LogP) is 1.62. The van der Waals surface area contributed by atoms with Crippen LogP contribution in [-0.2, 0) is 0 Å². The van der Waals surface area contributed by atoms with Gasteiger partial charge in [0.15, 0.2) is 0 Å². The van der Waals surface area contributed by atoms with Crippen LogP contribution in [-0.4, -0.2) is 30.9 Å². The second-order valence-corrected chi connectivity index (χ2v) is 5.22. The summed E-state index contributed by atoms with van der Waals surface area (Å²) in [6.07, 6.45) is 0. The van der Waals surface area contributed by atoms with Crippen molar-refractivity contribution in [2.24, 2.45) is 11.1 Å². The number of carbonyl (C=O) groups is 1. The molecule has 18 heavy (non-hydrogen) atoms. The number of nitriles is 1. The van der Waals surface area contributed by atoms with Crippen molar-refractivity contribution in [3.63, 3.8) is 0 Å². The summed E-state index contributed by atoms with van der Waals surface area (Å²) in [6, 6.07) is 8.75. The molecule has 1 aromatic rings. The van der Waals surface area contributed by atoms with Gasteiger partial charge < -0.3 is 10.6 Å². The molecule has 0 saturated carbocycles. The lowest BCUT2D eigenvalue weighted by Gasteiger charge is -2.29. The van der Waals surface area contributed by atoms with Crippen molar-refractivity contribution in [3.05, 3.63) is 35.4 Å². The Balaban J connectivity index is 2.84. The molecule has 0 heterocycles. The third kappa shape index (κ3) is 3.57. The Morgan fingerprint density at radius 3 is 2.72 bits per heavy atom. The van der Waals surface area contributed by atoms with Crippen LogP contribution in [0, 0.1) is 16.7 Å². The van der Waals surface area contributed by atoms with Crippen molar-refractivity contribution in [2.45, 2.75) is 13.8 Å². The van der Waals surface area contributed by atoms with Crippen LogP contribution in [0.15, 0.2) is 24.3 Å². The maximum Gasteiger partial charge on any atom is 0.253 e. The molecule has 2 N–H and O–H groups in total. The summed E-state index contributed by atoms with van der Waals surface area (Å²) in [7, 11) is 1.75. The van der Waals surface area contributed by atoms with Gasteiger partial charge in [0.25, 0.3) is 5.91 Å². The first kappa shape index (κ1) is 14.2. The second kappa shape index (κ2) is 5.65. The minimum absolute atomic E-state index is 0.0892. The Kier molecular flexibility index (Phi) is 4.46. The van der Waals surface area contributed by atoms with E-state index in [9.17, 15) is 4.79 Å². The molecular formula is C14H19N3O. The Bertz CT molecular complexity index is 474. The van der Waals surface area contributed by atoms with Gasteiger partial charge in [0.05, 0.1) is 11.6 Å². The van der Waals surface area contributed by atoms with Crippen LogP contribution in [0.25, 0.3) is 0 Å². The summed E-state index contributed by atoms with van der Waals surface area (Å²) in [4.78, 5) is 13.8. The summed E-state index contributed by atoms with van der Waals surface area (Å²) in [5.74, 6) is -0.0892. The molecule has 0 atom stereocenters. The largest absolute Gasteiger partial charge is 0.341 e. The first-order valence-electron chi connectivity index (χ1n) is 5.85. The van der Waals surface area contributed by atoms with Crippen LogP contribution in [0.1, 0.15) is 29.8 Å². The minimum atomic E-state index is -0.114. The fourth-order valence-corrected chi connectivity index (χ4v) is 1.72. The van der Waals surface area contributed by atoms with E-state index in [-0.39, 0.29) is 11.3 Å². The molecular weight excluding hydrogens is 226 g/mol. The molecule has 0 fully saturated rings. The zero-order chi connectivity index (χ0) is 13.8. The molecule has 0 spiro atoms. The summed E-state index contributed by atoms with van der Waals surface area (Å²) >= 11 is 0. The third-order valence-electron chi connectivity index (χ3n) is 2.80. The highest BCUT2D eigenvalue weighted by Gasteiger charge is 2.21. The van der Waals surface area contributed by atoms with Gasteiger partial charge in [-0.05, 0) is 30.2 Å². The SMILES string of the molecule is CN(CC(C)(C)CN)C(=O)c1cccc(C#N)c1.